The van der Waals surface area contributed by atoms with Crippen LogP contribution in [0.1, 0.15) is 57.8 Å². The summed E-state index contributed by atoms with van der Waals surface area (Å²) < 4.78 is 5.38. The average Bonchev–Trinajstić information content (AvgIpc) is 3.40. The molecule has 2 amide bonds. The molecule has 2 aromatic heterocycles. The van der Waals surface area contributed by atoms with Crippen molar-refractivity contribution in [2.24, 2.45) is 0 Å². The first-order chi connectivity index (χ1) is 12.7. The first-order valence-corrected chi connectivity index (χ1v) is 8.82. The minimum absolute atomic E-state index is 0.0307. The Bertz CT molecular complexity index is 828. The number of amides is 2. The molecule has 1 aliphatic heterocycles. The number of nitrogens with zero attached hydrogens (tertiary/aromatic N) is 3. The number of aromatic nitrogens is 3. The highest BCUT2D eigenvalue weighted by Crippen LogP contribution is 2.33. The van der Waals surface area contributed by atoms with Gasteiger partial charge in [-0.05, 0) is 25.0 Å². The van der Waals surface area contributed by atoms with Gasteiger partial charge in [0, 0.05) is 24.3 Å². The number of H-pyrrole nitrogens is 1. The van der Waals surface area contributed by atoms with Gasteiger partial charge in [0.25, 0.3) is 11.8 Å². The van der Waals surface area contributed by atoms with Gasteiger partial charge in [-0.2, -0.15) is 5.10 Å². The van der Waals surface area contributed by atoms with Gasteiger partial charge in [-0.25, -0.2) is 4.98 Å². The van der Waals surface area contributed by atoms with Crippen LogP contribution in [0.5, 0.6) is 5.88 Å². The number of fused-ring (bicyclic) bond motifs is 1. The van der Waals surface area contributed by atoms with E-state index in [1.54, 1.807) is 19.2 Å². The quantitative estimate of drug-likeness (QED) is 0.849. The summed E-state index contributed by atoms with van der Waals surface area (Å²) in [5.41, 5.74) is 2.42. The lowest BCUT2D eigenvalue weighted by molar-refractivity contribution is 0.0706. The highest BCUT2D eigenvalue weighted by Gasteiger charge is 2.35. The molecule has 4 rings (SSSR count). The van der Waals surface area contributed by atoms with Gasteiger partial charge in [-0.1, -0.05) is 12.8 Å². The van der Waals surface area contributed by atoms with Gasteiger partial charge in [-0.3, -0.25) is 14.7 Å². The lowest BCUT2D eigenvalue weighted by Gasteiger charge is -2.22. The SMILES string of the molecule is COc1nc2c(cc1CNC(=O)c1ccn[nH]1)C(=O)N(C1CCCC1)C2. The second-order valence-corrected chi connectivity index (χ2v) is 6.68. The van der Waals surface area contributed by atoms with E-state index in [2.05, 4.69) is 20.5 Å². The third kappa shape index (κ3) is 2.91. The summed E-state index contributed by atoms with van der Waals surface area (Å²) in [6.45, 7) is 0.758. The van der Waals surface area contributed by atoms with Crippen molar-refractivity contribution in [2.75, 3.05) is 7.11 Å². The molecular formula is C18H21N5O3. The van der Waals surface area contributed by atoms with Crippen molar-refractivity contribution in [2.45, 2.75) is 44.8 Å². The number of hydrogen-bond donors (Lipinski definition) is 2. The van der Waals surface area contributed by atoms with Gasteiger partial charge in [0.2, 0.25) is 5.88 Å². The monoisotopic (exact) mass is 355 g/mol. The van der Waals surface area contributed by atoms with Crippen molar-refractivity contribution >= 4 is 11.8 Å². The molecule has 2 aliphatic rings. The topological polar surface area (TPSA) is 100 Å². The van der Waals surface area contributed by atoms with Crippen LogP contribution in [0.2, 0.25) is 0 Å². The van der Waals surface area contributed by atoms with Crippen LogP contribution in [-0.2, 0) is 13.1 Å². The van der Waals surface area contributed by atoms with Crippen LogP contribution in [-0.4, -0.2) is 45.0 Å². The minimum atomic E-state index is -0.274. The van der Waals surface area contributed by atoms with E-state index in [0.29, 0.717) is 35.3 Å². The molecule has 1 aliphatic carbocycles. The zero-order valence-corrected chi connectivity index (χ0v) is 14.6. The van der Waals surface area contributed by atoms with Crippen LogP contribution in [0.4, 0.5) is 0 Å². The molecular weight excluding hydrogens is 334 g/mol. The normalized spacial score (nSPS) is 16.8. The summed E-state index contributed by atoms with van der Waals surface area (Å²) in [7, 11) is 1.54. The van der Waals surface area contributed by atoms with Crippen molar-refractivity contribution in [1.82, 2.24) is 25.4 Å². The summed E-state index contributed by atoms with van der Waals surface area (Å²) in [6.07, 6.45) is 5.98. The lowest BCUT2D eigenvalue weighted by atomic mass is 10.1. The number of nitrogens with one attached hydrogen (secondary N) is 2. The number of rotatable bonds is 5. The van der Waals surface area contributed by atoms with Crippen molar-refractivity contribution in [3.8, 4) is 5.88 Å². The summed E-state index contributed by atoms with van der Waals surface area (Å²) in [4.78, 5) is 31.3. The number of methoxy groups -OCH3 is 1. The van der Waals surface area contributed by atoms with Crippen LogP contribution in [0.15, 0.2) is 18.3 Å². The van der Waals surface area contributed by atoms with E-state index in [1.165, 1.54) is 19.0 Å². The van der Waals surface area contributed by atoms with E-state index >= 15 is 0 Å². The number of ether oxygens (including phenoxy) is 1. The van der Waals surface area contributed by atoms with E-state index in [9.17, 15) is 9.59 Å². The highest BCUT2D eigenvalue weighted by molar-refractivity contribution is 5.98. The van der Waals surface area contributed by atoms with Crippen molar-refractivity contribution in [3.05, 3.63) is 40.8 Å². The fourth-order valence-corrected chi connectivity index (χ4v) is 3.73. The molecule has 1 saturated carbocycles. The zero-order chi connectivity index (χ0) is 18.1. The molecule has 0 unspecified atom stereocenters. The number of aromatic amines is 1. The molecule has 136 valence electrons. The van der Waals surface area contributed by atoms with Crippen LogP contribution >= 0.6 is 0 Å². The Hall–Kier alpha value is -2.90. The lowest BCUT2D eigenvalue weighted by Crippen LogP contribution is -2.33. The Morgan fingerprint density at radius 1 is 1.42 bits per heavy atom. The van der Waals surface area contributed by atoms with Gasteiger partial charge in [-0.15, -0.1) is 0 Å². The molecule has 8 heteroatoms. The molecule has 0 aromatic carbocycles. The maximum atomic E-state index is 12.8. The molecule has 0 saturated heterocycles. The van der Waals surface area contributed by atoms with Crippen LogP contribution in [0.25, 0.3) is 0 Å². The standard InChI is InChI=1S/C18H21N5O3/c1-26-17-11(9-19-16(24)14-6-7-20-22-14)8-13-15(21-17)10-23(18(13)25)12-4-2-3-5-12/h6-8,12H,2-5,9-10H2,1H3,(H,19,24)(H,20,22). The third-order valence-corrected chi connectivity index (χ3v) is 5.10. The summed E-state index contributed by atoms with van der Waals surface area (Å²) >= 11 is 0. The predicted octanol–water partition coefficient (Wildman–Crippen LogP) is 1.64. The van der Waals surface area contributed by atoms with E-state index in [0.717, 1.165) is 18.5 Å². The largest absolute Gasteiger partial charge is 0.481 e. The summed E-state index contributed by atoms with van der Waals surface area (Å²) in [5.74, 6) is 0.196. The molecule has 0 atom stereocenters. The van der Waals surface area contributed by atoms with Gasteiger partial charge < -0.3 is 15.0 Å². The van der Waals surface area contributed by atoms with Crippen molar-refractivity contribution < 1.29 is 14.3 Å². The van der Waals surface area contributed by atoms with Gasteiger partial charge in [0.05, 0.1) is 24.9 Å². The average molecular weight is 355 g/mol. The maximum absolute atomic E-state index is 12.8. The van der Waals surface area contributed by atoms with Crippen LogP contribution in [0.3, 0.4) is 0 Å². The molecule has 26 heavy (non-hydrogen) atoms. The first-order valence-electron chi connectivity index (χ1n) is 8.82. The van der Waals surface area contributed by atoms with Crippen LogP contribution < -0.4 is 10.1 Å². The Balaban J connectivity index is 1.54. The number of pyridine rings is 1. The third-order valence-electron chi connectivity index (χ3n) is 5.10. The molecule has 0 spiro atoms. The van der Waals surface area contributed by atoms with Gasteiger partial charge in [0.1, 0.15) is 5.69 Å². The Morgan fingerprint density at radius 2 is 2.23 bits per heavy atom. The first kappa shape index (κ1) is 16.6. The molecule has 8 nitrogen and oxygen atoms in total. The van der Waals surface area contributed by atoms with E-state index in [4.69, 9.17) is 4.74 Å². The Morgan fingerprint density at radius 3 is 2.92 bits per heavy atom. The maximum Gasteiger partial charge on any atom is 0.269 e. The van der Waals surface area contributed by atoms with E-state index in [1.807, 2.05) is 4.90 Å². The molecule has 2 aromatic rings. The highest BCUT2D eigenvalue weighted by atomic mass is 16.5. The number of carbonyl (C=O) groups excluding carboxylic acids is 2. The summed E-state index contributed by atoms with van der Waals surface area (Å²) in [5, 5.41) is 9.17. The minimum Gasteiger partial charge on any atom is -0.481 e. The Kier molecular flexibility index (Phi) is 4.32. The fraction of sp³-hybridized carbons (Fsp3) is 0.444. The molecule has 3 heterocycles. The zero-order valence-electron chi connectivity index (χ0n) is 14.6. The second-order valence-electron chi connectivity index (χ2n) is 6.68. The van der Waals surface area contributed by atoms with E-state index < -0.39 is 0 Å². The molecule has 0 radical (unpaired) electrons. The Labute approximate surface area is 150 Å². The number of carbonyl (C=O) groups is 2. The summed E-state index contributed by atoms with van der Waals surface area (Å²) in [6, 6.07) is 3.70. The second kappa shape index (κ2) is 6.78. The van der Waals surface area contributed by atoms with Gasteiger partial charge in [0.15, 0.2) is 0 Å². The smallest absolute Gasteiger partial charge is 0.269 e. The fourth-order valence-electron chi connectivity index (χ4n) is 3.73. The molecule has 0 bridgehead atoms. The molecule has 1 fully saturated rings. The van der Waals surface area contributed by atoms with E-state index in [-0.39, 0.29) is 18.4 Å². The molecule has 2 N–H and O–H groups in total. The predicted molar refractivity (Wildman–Crippen MR) is 92.7 cm³/mol. The number of hydrogen-bond acceptors (Lipinski definition) is 5. The van der Waals surface area contributed by atoms with Gasteiger partial charge >= 0.3 is 0 Å². The van der Waals surface area contributed by atoms with Crippen molar-refractivity contribution in [3.63, 3.8) is 0 Å². The van der Waals surface area contributed by atoms with Crippen molar-refractivity contribution in [1.29, 1.82) is 0 Å². The van der Waals surface area contributed by atoms with Crippen LogP contribution in [0, 0.1) is 0 Å².